The van der Waals surface area contributed by atoms with Crippen LogP contribution < -0.4 is 0 Å². The van der Waals surface area contributed by atoms with Gasteiger partial charge in [0.15, 0.2) is 6.10 Å². The van der Waals surface area contributed by atoms with E-state index < -0.39 is 6.10 Å². The van der Waals surface area contributed by atoms with Crippen molar-refractivity contribution >= 4 is 17.9 Å². The van der Waals surface area contributed by atoms with Gasteiger partial charge in [0.25, 0.3) is 0 Å². The lowest BCUT2D eigenvalue weighted by molar-refractivity contribution is -0.167. The van der Waals surface area contributed by atoms with Crippen LogP contribution in [0.4, 0.5) is 0 Å². The average Bonchev–Trinajstić information content (AvgIpc) is 3.47. The molecule has 6 nitrogen and oxygen atoms in total. The fraction of sp³-hybridized carbons (Fsp3) is 0.697. The Morgan fingerprint density at radius 1 is 0.256 bits per heavy atom. The Bertz CT molecular complexity index is 1690. The maximum Gasteiger partial charge on any atom is 0.306 e. The molecule has 0 aromatic carbocycles. The molecule has 0 aliphatic carbocycles. The largest absolute Gasteiger partial charge is 0.462 e. The van der Waals surface area contributed by atoms with Crippen LogP contribution in [-0.2, 0) is 28.6 Å². The fourth-order valence-corrected chi connectivity index (χ4v) is 9.55. The summed E-state index contributed by atoms with van der Waals surface area (Å²) in [5.74, 6) is -0.918. The van der Waals surface area contributed by atoms with Crippen molar-refractivity contribution in [1.82, 2.24) is 0 Å². The Morgan fingerprint density at radius 2 is 0.476 bits per heavy atom. The molecule has 0 fully saturated rings. The van der Waals surface area contributed by atoms with E-state index in [-0.39, 0.29) is 37.5 Å². The van der Waals surface area contributed by atoms with Crippen LogP contribution in [0.1, 0.15) is 323 Å². The smallest absolute Gasteiger partial charge is 0.306 e. The predicted octanol–water partition coefficient (Wildman–Crippen LogP) is 23.9. The Hall–Kier alpha value is -4.19. The highest BCUT2D eigenvalue weighted by Crippen LogP contribution is 2.16. The third-order valence-corrected chi connectivity index (χ3v) is 14.7. The maximum atomic E-state index is 12.9. The third-order valence-electron chi connectivity index (χ3n) is 14.7. The van der Waals surface area contributed by atoms with Crippen molar-refractivity contribution in [1.29, 1.82) is 0 Å². The van der Waals surface area contributed by atoms with E-state index in [2.05, 4.69) is 142 Å². The Morgan fingerprint density at radius 3 is 0.756 bits per heavy atom. The molecule has 82 heavy (non-hydrogen) atoms. The van der Waals surface area contributed by atoms with E-state index in [0.29, 0.717) is 12.8 Å². The first-order valence-electron chi connectivity index (χ1n) is 34.5. The highest BCUT2D eigenvalue weighted by Gasteiger charge is 2.19. The topological polar surface area (TPSA) is 78.9 Å². The van der Waals surface area contributed by atoms with Crippen LogP contribution in [0.3, 0.4) is 0 Å². The minimum Gasteiger partial charge on any atom is -0.462 e. The van der Waals surface area contributed by atoms with Gasteiger partial charge in [0.1, 0.15) is 13.2 Å². The van der Waals surface area contributed by atoms with E-state index in [4.69, 9.17) is 14.2 Å². The number of unbranched alkanes of at least 4 members (excludes halogenated alkanes) is 31. The second-order valence-electron chi connectivity index (χ2n) is 22.7. The van der Waals surface area contributed by atoms with Crippen LogP contribution in [0.2, 0.25) is 0 Å². The highest BCUT2D eigenvalue weighted by atomic mass is 16.6. The number of esters is 3. The van der Waals surface area contributed by atoms with Crippen molar-refractivity contribution in [3.05, 3.63) is 122 Å². The number of carbonyl (C=O) groups excluding carboxylic acids is 3. The van der Waals surface area contributed by atoms with Gasteiger partial charge in [0, 0.05) is 19.3 Å². The van der Waals surface area contributed by atoms with Gasteiger partial charge in [0.2, 0.25) is 0 Å². The van der Waals surface area contributed by atoms with Gasteiger partial charge in [-0.15, -0.1) is 0 Å². The first-order valence-corrected chi connectivity index (χ1v) is 34.5. The van der Waals surface area contributed by atoms with Crippen LogP contribution in [0, 0.1) is 0 Å². The second kappa shape index (κ2) is 69.3. The molecule has 0 N–H and O–H groups in total. The fourth-order valence-electron chi connectivity index (χ4n) is 9.55. The Labute approximate surface area is 507 Å². The van der Waals surface area contributed by atoms with Gasteiger partial charge in [-0.2, -0.15) is 0 Å². The molecule has 0 saturated carbocycles. The van der Waals surface area contributed by atoms with Gasteiger partial charge < -0.3 is 14.2 Å². The number of carbonyl (C=O) groups is 3. The van der Waals surface area contributed by atoms with E-state index in [0.717, 1.165) is 122 Å². The number of hydrogen-bond acceptors (Lipinski definition) is 6. The molecule has 0 bridgehead atoms. The molecule has 0 aromatic heterocycles. The summed E-state index contributed by atoms with van der Waals surface area (Å²) >= 11 is 0. The van der Waals surface area contributed by atoms with Crippen molar-refractivity contribution in [2.24, 2.45) is 0 Å². The highest BCUT2D eigenvalue weighted by molar-refractivity contribution is 5.71. The van der Waals surface area contributed by atoms with E-state index >= 15 is 0 Å². The zero-order valence-electron chi connectivity index (χ0n) is 53.7. The van der Waals surface area contributed by atoms with Gasteiger partial charge >= 0.3 is 17.9 Å². The molecular weight excluding hydrogens is 1010 g/mol. The summed E-state index contributed by atoms with van der Waals surface area (Å²) in [7, 11) is 0. The number of ether oxygens (including phenoxy) is 3. The Balaban J connectivity index is 4.35. The molecule has 0 saturated heterocycles. The predicted molar refractivity (Wildman–Crippen MR) is 357 cm³/mol. The van der Waals surface area contributed by atoms with Crippen molar-refractivity contribution < 1.29 is 28.6 Å². The van der Waals surface area contributed by atoms with Crippen molar-refractivity contribution in [2.75, 3.05) is 13.2 Å². The van der Waals surface area contributed by atoms with Crippen molar-refractivity contribution in [3.8, 4) is 0 Å². The lowest BCUT2D eigenvalue weighted by Crippen LogP contribution is -2.30. The molecule has 1 atom stereocenters. The molecule has 0 amide bonds. The van der Waals surface area contributed by atoms with Gasteiger partial charge in [-0.25, -0.2) is 0 Å². The van der Waals surface area contributed by atoms with Crippen molar-refractivity contribution in [3.63, 3.8) is 0 Å². The number of hydrogen-bond donors (Lipinski definition) is 0. The lowest BCUT2D eigenvalue weighted by Gasteiger charge is -2.18. The summed E-state index contributed by atoms with van der Waals surface area (Å²) < 4.78 is 16.9. The van der Waals surface area contributed by atoms with Gasteiger partial charge in [-0.05, 0) is 116 Å². The van der Waals surface area contributed by atoms with E-state index in [9.17, 15) is 14.4 Å². The SMILES string of the molecule is CC/C=C\C/C=C\C/C=C\C/C=C\C/C=C\C/C=C\C/C=C\CCCCCC(=O)OC(COC(=O)CCCCCCCCCCCCCC)COC(=O)CCCCCCCCCCCCCC/C=C\C/C=C\C/C=C\CCCCCCC. The standard InChI is InChI=1S/C76H128O6/c1-4-7-10-13-16-19-22-25-27-29-31-33-35-37-38-40-41-43-45-47-49-51-54-57-60-63-66-69-75(78)81-72-73(71-80-74(77)68-65-62-59-56-53-24-21-18-15-12-9-6-3)82-76(79)70-67-64-61-58-55-52-50-48-46-44-42-39-36-34-32-30-28-26-23-20-17-14-11-8-5-2/h8,11,17,20,22,25-26,28-29,31-32,34-35,37,39,42,46,48,52,55,73H,4-7,9-10,12-16,18-19,21,23-24,27,30,33,36,38,40-41,43-45,47,49-51,53-54,56-72H2,1-3H3/b11-8-,20-17-,25-22-,28-26-,31-29-,34-32-,37-35-,42-39-,48-46-,55-52-. The quantitative estimate of drug-likeness (QED) is 0.0261. The molecule has 0 radical (unpaired) electrons. The molecule has 0 spiro atoms. The first kappa shape index (κ1) is 77.8. The zero-order valence-corrected chi connectivity index (χ0v) is 53.7. The van der Waals surface area contributed by atoms with E-state index in [1.807, 2.05) is 0 Å². The summed E-state index contributed by atoms with van der Waals surface area (Å²) in [6.45, 7) is 6.51. The summed E-state index contributed by atoms with van der Waals surface area (Å²) in [6.07, 6.45) is 96.4. The molecule has 0 heterocycles. The molecule has 0 rings (SSSR count). The molecule has 468 valence electrons. The minimum absolute atomic E-state index is 0.0917. The van der Waals surface area contributed by atoms with E-state index in [1.54, 1.807) is 0 Å². The summed E-state index contributed by atoms with van der Waals surface area (Å²) in [6, 6.07) is 0. The summed E-state index contributed by atoms with van der Waals surface area (Å²) in [5.41, 5.74) is 0. The molecule has 6 heteroatoms. The van der Waals surface area contributed by atoms with Crippen LogP contribution in [0.25, 0.3) is 0 Å². The molecule has 1 unspecified atom stereocenters. The zero-order chi connectivity index (χ0) is 59.2. The maximum absolute atomic E-state index is 12.9. The monoisotopic (exact) mass is 1140 g/mol. The molecule has 0 aliphatic heterocycles. The number of allylic oxidation sites excluding steroid dienone is 20. The van der Waals surface area contributed by atoms with Crippen LogP contribution in [0.5, 0.6) is 0 Å². The van der Waals surface area contributed by atoms with Crippen LogP contribution in [-0.4, -0.2) is 37.2 Å². The van der Waals surface area contributed by atoms with E-state index in [1.165, 1.54) is 161 Å². The normalized spacial score (nSPS) is 12.9. The van der Waals surface area contributed by atoms with Gasteiger partial charge in [0.05, 0.1) is 0 Å². The number of rotatable bonds is 62. The second-order valence-corrected chi connectivity index (χ2v) is 22.7. The lowest BCUT2D eigenvalue weighted by atomic mass is 10.0. The van der Waals surface area contributed by atoms with Crippen LogP contribution >= 0.6 is 0 Å². The van der Waals surface area contributed by atoms with Crippen molar-refractivity contribution in [2.45, 2.75) is 329 Å². The average molecular weight is 1140 g/mol. The summed E-state index contributed by atoms with van der Waals surface area (Å²) in [4.78, 5) is 38.4. The summed E-state index contributed by atoms with van der Waals surface area (Å²) in [5, 5.41) is 0. The molecule has 0 aromatic rings. The van der Waals surface area contributed by atoms with Gasteiger partial charge in [-0.3, -0.25) is 14.4 Å². The first-order chi connectivity index (χ1) is 40.5. The minimum atomic E-state index is -0.800. The van der Waals surface area contributed by atoms with Crippen LogP contribution in [0.15, 0.2) is 122 Å². The third kappa shape index (κ3) is 66.6. The molecular formula is C76H128O6. The Kier molecular flexibility index (Phi) is 65.8. The van der Waals surface area contributed by atoms with Gasteiger partial charge in [-0.1, -0.05) is 309 Å². The molecule has 0 aliphatic rings.